The molecule has 4 heteroatoms. The number of aryl methyl sites for hydroxylation is 1. The van der Waals surface area contributed by atoms with Crippen molar-refractivity contribution in [3.8, 4) is 0 Å². The lowest BCUT2D eigenvalue weighted by Crippen LogP contribution is -2.17. The monoisotopic (exact) mass is 220 g/mol. The van der Waals surface area contributed by atoms with Crippen LogP contribution in [0.2, 0.25) is 0 Å². The molecule has 88 valence electrons. The van der Waals surface area contributed by atoms with Crippen LogP contribution in [0.3, 0.4) is 0 Å². The highest BCUT2D eigenvalue weighted by Crippen LogP contribution is 2.24. The molecule has 0 saturated carbocycles. The highest BCUT2D eigenvalue weighted by Gasteiger charge is 2.17. The average molecular weight is 220 g/mol. The van der Waals surface area contributed by atoms with Crippen LogP contribution >= 0.6 is 0 Å². The van der Waals surface area contributed by atoms with Crippen molar-refractivity contribution in [2.45, 2.75) is 38.3 Å². The zero-order valence-electron chi connectivity index (χ0n) is 10.1. The Balaban J connectivity index is 2.26. The molecule has 1 aliphatic carbocycles. The van der Waals surface area contributed by atoms with E-state index in [9.17, 15) is 0 Å². The van der Waals surface area contributed by atoms with Gasteiger partial charge in [-0.3, -0.25) is 0 Å². The Labute approximate surface area is 96.9 Å². The van der Waals surface area contributed by atoms with Gasteiger partial charge in [-0.05, 0) is 33.4 Å². The Morgan fingerprint density at radius 1 is 1.44 bits per heavy atom. The van der Waals surface area contributed by atoms with E-state index in [1.165, 1.54) is 12.8 Å². The summed E-state index contributed by atoms with van der Waals surface area (Å²) >= 11 is 0. The molecule has 0 fully saturated rings. The van der Waals surface area contributed by atoms with Crippen molar-refractivity contribution in [3.05, 3.63) is 23.3 Å². The minimum atomic E-state index is 0.130. The SMILES string of the molecule is CN(C)Cc1ncc2c(n1)CCCCC2N. The van der Waals surface area contributed by atoms with E-state index in [1.54, 1.807) is 0 Å². The smallest absolute Gasteiger partial charge is 0.142 e. The first-order valence-corrected chi connectivity index (χ1v) is 5.92. The molecular formula is C12H20N4. The van der Waals surface area contributed by atoms with E-state index < -0.39 is 0 Å². The number of hydrogen-bond acceptors (Lipinski definition) is 4. The number of hydrogen-bond donors (Lipinski definition) is 1. The Kier molecular flexibility index (Phi) is 3.51. The number of nitrogens with zero attached hydrogens (tertiary/aromatic N) is 3. The summed E-state index contributed by atoms with van der Waals surface area (Å²) in [4.78, 5) is 11.1. The first kappa shape index (κ1) is 11.5. The molecule has 0 aromatic carbocycles. The van der Waals surface area contributed by atoms with Crippen LogP contribution < -0.4 is 5.73 Å². The number of nitrogens with two attached hydrogens (primary N) is 1. The first-order chi connectivity index (χ1) is 7.66. The third-order valence-corrected chi connectivity index (χ3v) is 2.99. The number of aromatic nitrogens is 2. The fraction of sp³-hybridized carbons (Fsp3) is 0.667. The Bertz CT molecular complexity index is 362. The summed E-state index contributed by atoms with van der Waals surface area (Å²) in [5, 5.41) is 0. The van der Waals surface area contributed by atoms with Crippen LogP contribution in [0.25, 0.3) is 0 Å². The predicted octanol–water partition coefficient (Wildman–Crippen LogP) is 1.26. The van der Waals surface area contributed by atoms with Gasteiger partial charge < -0.3 is 10.6 Å². The molecule has 1 aliphatic rings. The second-order valence-corrected chi connectivity index (χ2v) is 4.78. The fourth-order valence-corrected chi connectivity index (χ4v) is 2.15. The predicted molar refractivity (Wildman–Crippen MR) is 63.9 cm³/mol. The highest BCUT2D eigenvalue weighted by molar-refractivity contribution is 5.22. The van der Waals surface area contributed by atoms with Gasteiger partial charge in [-0.1, -0.05) is 6.42 Å². The summed E-state index contributed by atoms with van der Waals surface area (Å²) in [6.07, 6.45) is 6.42. The molecule has 0 amide bonds. The summed E-state index contributed by atoms with van der Waals surface area (Å²) in [5.74, 6) is 0.901. The van der Waals surface area contributed by atoms with Crippen LogP contribution in [0.5, 0.6) is 0 Å². The lowest BCUT2D eigenvalue weighted by molar-refractivity contribution is 0.389. The maximum atomic E-state index is 6.11. The van der Waals surface area contributed by atoms with Crippen LogP contribution in [-0.2, 0) is 13.0 Å². The van der Waals surface area contributed by atoms with E-state index in [0.717, 1.165) is 36.5 Å². The molecule has 16 heavy (non-hydrogen) atoms. The van der Waals surface area contributed by atoms with Gasteiger partial charge in [-0.25, -0.2) is 9.97 Å². The van der Waals surface area contributed by atoms with E-state index in [-0.39, 0.29) is 6.04 Å². The Morgan fingerprint density at radius 3 is 3.00 bits per heavy atom. The Hall–Kier alpha value is -1.00. The van der Waals surface area contributed by atoms with Gasteiger partial charge >= 0.3 is 0 Å². The van der Waals surface area contributed by atoms with Crippen molar-refractivity contribution >= 4 is 0 Å². The molecule has 2 rings (SSSR count). The third-order valence-electron chi connectivity index (χ3n) is 2.99. The molecule has 0 saturated heterocycles. The van der Waals surface area contributed by atoms with Crippen molar-refractivity contribution < 1.29 is 0 Å². The van der Waals surface area contributed by atoms with Gasteiger partial charge in [-0.2, -0.15) is 0 Å². The fourth-order valence-electron chi connectivity index (χ4n) is 2.15. The average Bonchev–Trinajstić information content (AvgIpc) is 2.40. The van der Waals surface area contributed by atoms with Gasteiger partial charge in [0, 0.05) is 23.5 Å². The van der Waals surface area contributed by atoms with Gasteiger partial charge in [0.2, 0.25) is 0 Å². The topological polar surface area (TPSA) is 55.0 Å². The molecule has 0 bridgehead atoms. The molecule has 1 aromatic rings. The van der Waals surface area contributed by atoms with Crippen molar-refractivity contribution in [1.29, 1.82) is 0 Å². The number of fused-ring (bicyclic) bond motifs is 1. The summed E-state index contributed by atoms with van der Waals surface area (Å²) < 4.78 is 0. The van der Waals surface area contributed by atoms with E-state index in [4.69, 9.17) is 5.73 Å². The van der Waals surface area contributed by atoms with Crippen molar-refractivity contribution in [1.82, 2.24) is 14.9 Å². The molecule has 2 N–H and O–H groups in total. The summed E-state index contributed by atoms with van der Waals surface area (Å²) in [6.45, 7) is 0.794. The summed E-state index contributed by atoms with van der Waals surface area (Å²) in [5.41, 5.74) is 8.42. The molecular weight excluding hydrogens is 200 g/mol. The van der Waals surface area contributed by atoms with E-state index in [0.29, 0.717) is 0 Å². The minimum absolute atomic E-state index is 0.130. The van der Waals surface area contributed by atoms with Gasteiger partial charge in [0.25, 0.3) is 0 Å². The maximum Gasteiger partial charge on any atom is 0.142 e. The normalized spacial score (nSPS) is 20.6. The quantitative estimate of drug-likeness (QED) is 0.762. The summed E-state index contributed by atoms with van der Waals surface area (Å²) in [6, 6.07) is 0.130. The molecule has 1 atom stereocenters. The van der Waals surface area contributed by atoms with Crippen molar-refractivity contribution in [3.63, 3.8) is 0 Å². The van der Waals surface area contributed by atoms with Crippen LogP contribution in [0.15, 0.2) is 6.20 Å². The maximum absolute atomic E-state index is 6.11. The van der Waals surface area contributed by atoms with Gasteiger partial charge in [0.1, 0.15) is 5.82 Å². The summed E-state index contributed by atoms with van der Waals surface area (Å²) in [7, 11) is 4.06. The Morgan fingerprint density at radius 2 is 2.25 bits per heavy atom. The first-order valence-electron chi connectivity index (χ1n) is 5.92. The van der Waals surface area contributed by atoms with E-state index in [1.807, 2.05) is 20.3 Å². The van der Waals surface area contributed by atoms with E-state index in [2.05, 4.69) is 14.9 Å². The molecule has 1 heterocycles. The van der Waals surface area contributed by atoms with E-state index >= 15 is 0 Å². The molecule has 1 unspecified atom stereocenters. The highest BCUT2D eigenvalue weighted by atomic mass is 15.1. The van der Waals surface area contributed by atoms with Crippen LogP contribution in [0.1, 0.15) is 42.4 Å². The van der Waals surface area contributed by atoms with Crippen molar-refractivity contribution in [2.24, 2.45) is 5.73 Å². The minimum Gasteiger partial charge on any atom is -0.324 e. The van der Waals surface area contributed by atoms with Gasteiger partial charge in [0.05, 0.1) is 6.54 Å². The zero-order valence-corrected chi connectivity index (χ0v) is 10.1. The lowest BCUT2D eigenvalue weighted by Gasteiger charge is -2.13. The third kappa shape index (κ3) is 2.57. The molecule has 0 aliphatic heterocycles. The standard InChI is InChI=1S/C12H20N4/c1-16(2)8-12-14-7-9-10(13)5-3-4-6-11(9)15-12/h7,10H,3-6,8,13H2,1-2H3. The lowest BCUT2D eigenvalue weighted by atomic mass is 10.1. The van der Waals surface area contributed by atoms with Crippen molar-refractivity contribution in [2.75, 3.05) is 14.1 Å². The van der Waals surface area contributed by atoms with Gasteiger partial charge in [0.15, 0.2) is 0 Å². The van der Waals surface area contributed by atoms with Crippen LogP contribution in [0, 0.1) is 0 Å². The zero-order chi connectivity index (χ0) is 11.5. The van der Waals surface area contributed by atoms with Crippen LogP contribution in [0.4, 0.5) is 0 Å². The molecule has 1 aromatic heterocycles. The molecule has 0 spiro atoms. The second-order valence-electron chi connectivity index (χ2n) is 4.78. The number of rotatable bonds is 2. The largest absolute Gasteiger partial charge is 0.324 e. The molecule has 0 radical (unpaired) electrons. The van der Waals surface area contributed by atoms with Gasteiger partial charge in [-0.15, -0.1) is 0 Å². The second kappa shape index (κ2) is 4.89. The molecule has 4 nitrogen and oxygen atoms in total. The van der Waals surface area contributed by atoms with Crippen LogP contribution in [-0.4, -0.2) is 29.0 Å².